The summed E-state index contributed by atoms with van der Waals surface area (Å²) in [7, 11) is 0. The van der Waals surface area contributed by atoms with Crippen molar-refractivity contribution in [2.24, 2.45) is 0 Å². The molecule has 0 spiro atoms. The van der Waals surface area contributed by atoms with Crippen LogP contribution in [0.5, 0.6) is 5.75 Å². The molecule has 1 aliphatic carbocycles. The molecule has 4 heteroatoms. The zero-order valence-corrected chi connectivity index (χ0v) is 18.6. The lowest BCUT2D eigenvalue weighted by Crippen LogP contribution is -2.02. The van der Waals surface area contributed by atoms with Gasteiger partial charge in [0, 0.05) is 6.08 Å². The van der Waals surface area contributed by atoms with Crippen molar-refractivity contribution < 1.29 is 14.3 Å². The molecule has 2 aromatic carbocycles. The van der Waals surface area contributed by atoms with Gasteiger partial charge in [0.1, 0.15) is 5.75 Å². The molecular formula is C28H31NO3. The number of rotatable bonds is 11. The Balaban J connectivity index is 1.50. The minimum absolute atomic E-state index is 0.351. The maximum absolute atomic E-state index is 11.0. The van der Waals surface area contributed by atoms with Crippen LogP contribution in [-0.2, 0) is 16.0 Å². The molecule has 2 aromatic rings. The number of benzene rings is 2. The highest BCUT2D eigenvalue weighted by molar-refractivity contribution is 5.84. The monoisotopic (exact) mass is 429 g/mol. The summed E-state index contributed by atoms with van der Waals surface area (Å²) >= 11 is 0. The van der Waals surface area contributed by atoms with E-state index in [9.17, 15) is 10.1 Å². The Hall–Kier alpha value is -3.32. The van der Waals surface area contributed by atoms with Crippen LogP contribution in [0.3, 0.4) is 0 Å². The zero-order chi connectivity index (χ0) is 22.6. The quantitative estimate of drug-likeness (QED) is 0.236. The number of fused-ring (bicyclic) bond motifs is 1. The summed E-state index contributed by atoms with van der Waals surface area (Å²) in [5, 5.41) is 9.52. The van der Waals surface area contributed by atoms with E-state index in [1.807, 2.05) is 30.3 Å². The lowest BCUT2D eigenvalue weighted by molar-refractivity contribution is -0.137. The van der Waals surface area contributed by atoms with Crippen molar-refractivity contribution in [3.8, 4) is 11.8 Å². The van der Waals surface area contributed by atoms with Crippen molar-refractivity contribution in [3.05, 3.63) is 83.4 Å². The summed E-state index contributed by atoms with van der Waals surface area (Å²) in [5.41, 5.74) is 5.36. The number of hydrogen-bond acceptors (Lipinski definition) is 4. The Morgan fingerprint density at radius 2 is 1.81 bits per heavy atom. The lowest BCUT2D eigenvalue weighted by Gasteiger charge is -2.15. The number of ether oxygens (including phenoxy) is 2. The van der Waals surface area contributed by atoms with E-state index in [0.717, 1.165) is 68.3 Å². The SMILES string of the molecule is C=CC(=O)OCCCCCCCOc1ccc2c(c1)CCCC=C2c1ccccc1C#N. The highest BCUT2D eigenvalue weighted by Gasteiger charge is 2.16. The predicted molar refractivity (Wildman–Crippen MR) is 127 cm³/mol. The van der Waals surface area contributed by atoms with Gasteiger partial charge in [0.25, 0.3) is 0 Å². The van der Waals surface area contributed by atoms with Crippen molar-refractivity contribution >= 4 is 11.5 Å². The molecule has 1 aliphatic rings. The molecule has 0 heterocycles. The number of esters is 1. The second-order valence-corrected chi connectivity index (χ2v) is 7.97. The smallest absolute Gasteiger partial charge is 0.330 e. The number of hydrogen-bond donors (Lipinski definition) is 0. The molecule has 32 heavy (non-hydrogen) atoms. The first-order valence-electron chi connectivity index (χ1n) is 11.5. The van der Waals surface area contributed by atoms with Crippen molar-refractivity contribution in [2.75, 3.05) is 13.2 Å². The van der Waals surface area contributed by atoms with Crippen LogP contribution < -0.4 is 4.74 Å². The molecule has 0 saturated heterocycles. The predicted octanol–water partition coefficient (Wildman–Crippen LogP) is 6.38. The van der Waals surface area contributed by atoms with Crippen LogP contribution in [0.4, 0.5) is 0 Å². The van der Waals surface area contributed by atoms with E-state index in [2.05, 4.69) is 30.9 Å². The summed E-state index contributed by atoms with van der Waals surface area (Å²) in [4.78, 5) is 11.0. The topological polar surface area (TPSA) is 59.3 Å². The first kappa shape index (κ1) is 23.3. The van der Waals surface area contributed by atoms with Gasteiger partial charge in [0.05, 0.1) is 24.8 Å². The Labute approximate surface area is 191 Å². The molecule has 0 amide bonds. The van der Waals surface area contributed by atoms with Crippen LogP contribution >= 0.6 is 0 Å². The maximum atomic E-state index is 11.0. The van der Waals surface area contributed by atoms with Gasteiger partial charge < -0.3 is 9.47 Å². The van der Waals surface area contributed by atoms with Gasteiger partial charge in [-0.25, -0.2) is 4.79 Å². The average Bonchev–Trinajstić information content (AvgIpc) is 3.04. The van der Waals surface area contributed by atoms with Gasteiger partial charge in [-0.1, -0.05) is 56.2 Å². The van der Waals surface area contributed by atoms with Gasteiger partial charge in [0.2, 0.25) is 0 Å². The number of carbonyl (C=O) groups excluding carboxylic acids is 1. The van der Waals surface area contributed by atoms with E-state index in [-0.39, 0.29) is 5.97 Å². The minimum Gasteiger partial charge on any atom is -0.494 e. The van der Waals surface area contributed by atoms with Crippen LogP contribution in [0.1, 0.15) is 67.2 Å². The molecule has 0 saturated carbocycles. The van der Waals surface area contributed by atoms with Crippen LogP contribution in [0.25, 0.3) is 5.57 Å². The molecule has 0 unspecified atom stereocenters. The fourth-order valence-corrected chi connectivity index (χ4v) is 4.01. The second-order valence-electron chi connectivity index (χ2n) is 7.97. The van der Waals surface area contributed by atoms with Crippen LogP contribution in [0, 0.1) is 11.3 Å². The highest BCUT2D eigenvalue weighted by Crippen LogP contribution is 2.34. The maximum Gasteiger partial charge on any atom is 0.330 e. The van der Waals surface area contributed by atoms with Crippen molar-refractivity contribution in [2.45, 2.75) is 51.4 Å². The number of unbranched alkanes of at least 4 members (excludes halogenated alkanes) is 4. The first-order valence-corrected chi connectivity index (χ1v) is 11.5. The Morgan fingerprint density at radius 3 is 2.62 bits per heavy atom. The fourth-order valence-electron chi connectivity index (χ4n) is 4.01. The fraction of sp³-hybridized carbons (Fsp3) is 0.357. The third-order valence-electron chi connectivity index (χ3n) is 5.67. The largest absolute Gasteiger partial charge is 0.494 e. The lowest BCUT2D eigenvalue weighted by atomic mass is 9.91. The number of nitrogens with zero attached hydrogens (tertiary/aromatic N) is 1. The molecule has 4 nitrogen and oxygen atoms in total. The average molecular weight is 430 g/mol. The van der Waals surface area contributed by atoms with E-state index >= 15 is 0 Å². The van der Waals surface area contributed by atoms with Gasteiger partial charge in [-0.15, -0.1) is 0 Å². The molecule has 0 radical (unpaired) electrons. The standard InChI is InChI=1S/C28H31NO3/c1-2-28(30)32-19-11-5-3-4-10-18-31-24-16-17-26-22(20-24)12-6-9-15-27(26)25-14-8-7-13-23(25)21-29/h2,7-8,13-17,20H,1,3-6,9-12,18-19H2. The van der Waals surface area contributed by atoms with Gasteiger partial charge in [-0.05, 0) is 72.6 Å². The Morgan fingerprint density at radius 1 is 1.03 bits per heavy atom. The molecule has 0 aliphatic heterocycles. The van der Waals surface area contributed by atoms with E-state index in [4.69, 9.17) is 9.47 Å². The number of aryl methyl sites for hydroxylation is 1. The first-order chi connectivity index (χ1) is 15.7. The minimum atomic E-state index is -0.351. The van der Waals surface area contributed by atoms with Crippen molar-refractivity contribution in [3.63, 3.8) is 0 Å². The summed E-state index contributed by atoms with van der Waals surface area (Å²) < 4.78 is 11.0. The van der Waals surface area contributed by atoms with Crippen LogP contribution in [0.2, 0.25) is 0 Å². The normalized spacial score (nSPS) is 12.7. The molecule has 0 atom stereocenters. The summed E-state index contributed by atoms with van der Waals surface area (Å²) in [6.45, 7) is 4.55. The van der Waals surface area contributed by atoms with E-state index in [0.29, 0.717) is 18.8 Å². The molecule has 3 rings (SSSR count). The van der Waals surface area contributed by atoms with Crippen molar-refractivity contribution in [1.82, 2.24) is 0 Å². The zero-order valence-electron chi connectivity index (χ0n) is 18.6. The third kappa shape index (κ3) is 6.59. The van der Waals surface area contributed by atoms with Gasteiger partial charge in [-0.3, -0.25) is 0 Å². The summed E-state index contributed by atoms with van der Waals surface area (Å²) in [5.74, 6) is 0.561. The van der Waals surface area contributed by atoms with Crippen LogP contribution in [-0.4, -0.2) is 19.2 Å². The van der Waals surface area contributed by atoms with E-state index in [1.54, 1.807) is 0 Å². The Kier molecular flexibility index (Phi) is 9.13. The van der Waals surface area contributed by atoms with E-state index in [1.165, 1.54) is 17.2 Å². The molecule has 0 bridgehead atoms. The Bertz CT molecular complexity index is 1000. The number of nitriles is 1. The summed E-state index contributed by atoms with van der Waals surface area (Å²) in [6.07, 6.45) is 11.7. The van der Waals surface area contributed by atoms with Gasteiger partial charge >= 0.3 is 5.97 Å². The summed E-state index contributed by atoms with van der Waals surface area (Å²) in [6, 6.07) is 16.5. The molecular weight excluding hydrogens is 398 g/mol. The molecule has 0 fully saturated rings. The molecule has 0 aromatic heterocycles. The van der Waals surface area contributed by atoms with E-state index < -0.39 is 0 Å². The van der Waals surface area contributed by atoms with Crippen LogP contribution in [0.15, 0.2) is 61.2 Å². The molecule has 0 N–H and O–H groups in total. The van der Waals surface area contributed by atoms with Crippen molar-refractivity contribution in [1.29, 1.82) is 5.26 Å². The number of allylic oxidation sites excluding steroid dienone is 1. The second kappa shape index (κ2) is 12.5. The molecule has 166 valence electrons. The highest BCUT2D eigenvalue weighted by atomic mass is 16.5. The van der Waals surface area contributed by atoms with Gasteiger partial charge in [-0.2, -0.15) is 5.26 Å². The number of carbonyl (C=O) groups is 1. The third-order valence-corrected chi connectivity index (χ3v) is 5.67. The van der Waals surface area contributed by atoms with Gasteiger partial charge in [0.15, 0.2) is 0 Å².